The van der Waals surface area contributed by atoms with Crippen molar-refractivity contribution in [3.8, 4) is 11.8 Å². The molecular formula is C14H18N2O4S. The molecule has 0 spiro atoms. The van der Waals surface area contributed by atoms with E-state index in [4.69, 9.17) is 5.11 Å². The van der Waals surface area contributed by atoms with Crippen LogP contribution in [0.3, 0.4) is 0 Å². The molecule has 0 aliphatic carbocycles. The Labute approximate surface area is 124 Å². The molecule has 7 heteroatoms. The van der Waals surface area contributed by atoms with Gasteiger partial charge in [0.05, 0.1) is 11.4 Å². The number of carbonyl (C=O) groups is 1. The molecular weight excluding hydrogens is 292 g/mol. The third-order valence-electron chi connectivity index (χ3n) is 2.85. The van der Waals surface area contributed by atoms with Gasteiger partial charge in [-0.1, -0.05) is 11.8 Å². The monoisotopic (exact) mass is 310 g/mol. The highest BCUT2D eigenvalue weighted by Crippen LogP contribution is 2.18. The highest BCUT2D eigenvalue weighted by molar-refractivity contribution is 7.89. The third kappa shape index (κ3) is 4.29. The molecule has 0 atom stereocenters. The van der Waals surface area contributed by atoms with Crippen LogP contribution in [-0.4, -0.2) is 51.0 Å². The second kappa shape index (κ2) is 7.22. The predicted molar refractivity (Wildman–Crippen MR) is 79.0 cm³/mol. The van der Waals surface area contributed by atoms with Gasteiger partial charge in [-0.3, -0.25) is 4.79 Å². The Bertz CT molecular complexity index is 687. The van der Waals surface area contributed by atoms with E-state index in [1.165, 1.54) is 26.2 Å². The summed E-state index contributed by atoms with van der Waals surface area (Å²) in [5.74, 6) is 4.87. The van der Waals surface area contributed by atoms with Crippen LogP contribution < -0.4 is 5.32 Å². The minimum atomic E-state index is -3.73. The van der Waals surface area contributed by atoms with Crippen molar-refractivity contribution in [2.24, 2.45) is 0 Å². The normalized spacial score (nSPS) is 10.9. The molecule has 6 nitrogen and oxygen atoms in total. The zero-order valence-corrected chi connectivity index (χ0v) is 13.0. The van der Waals surface area contributed by atoms with Crippen LogP contribution >= 0.6 is 0 Å². The van der Waals surface area contributed by atoms with E-state index in [9.17, 15) is 13.2 Å². The Balaban J connectivity index is 3.10. The van der Waals surface area contributed by atoms with Gasteiger partial charge >= 0.3 is 0 Å². The molecule has 1 rings (SSSR count). The SMILES string of the molecule is CNC(=O)CN(C)S(=O)(=O)c1ccc(C#CCO)c(C)c1. The van der Waals surface area contributed by atoms with E-state index >= 15 is 0 Å². The lowest BCUT2D eigenvalue weighted by Gasteiger charge is -2.16. The molecule has 0 saturated carbocycles. The van der Waals surface area contributed by atoms with Gasteiger partial charge in [0.2, 0.25) is 15.9 Å². The number of aliphatic hydroxyl groups excluding tert-OH is 1. The van der Waals surface area contributed by atoms with E-state index in [0.717, 1.165) is 4.31 Å². The maximum atomic E-state index is 12.3. The first-order chi connectivity index (χ1) is 9.82. The van der Waals surface area contributed by atoms with Crippen LogP contribution in [0.4, 0.5) is 0 Å². The van der Waals surface area contributed by atoms with E-state index in [1.807, 2.05) is 0 Å². The lowest BCUT2D eigenvalue weighted by molar-refractivity contribution is -0.120. The zero-order chi connectivity index (χ0) is 16.0. The number of likely N-dealkylation sites (N-methyl/N-ethyl adjacent to an activating group) is 2. The standard InChI is InChI=1S/C14H18N2O4S/c1-11-9-13(7-6-12(11)5-4-8-17)21(19,20)16(3)10-14(18)15-2/h6-7,9,17H,8,10H2,1-3H3,(H,15,18). The summed E-state index contributed by atoms with van der Waals surface area (Å²) < 4.78 is 25.6. The minimum absolute atomic E-state index is 0.0981. The topological polar surface area (TPSA) is 86.7 Å². The van der Waals surface area contributed by atoms with Crippen LogP contribution in [0.25, 0.3) is 0 Å². The number of rotatable bonds is 4. The Morgan fingerprint density at radius 2 is 2.10 bits per heavy atom. The molecule has 0 heterocycles. The molecule has 0 bridgehead atoms. The predicted octanol–water partition coefficient (Wildman–Crippen LogP) is -0.295. The number of sulfonamides is 1. The van der Waals surface area contributed by atoms with Crippen molar-refractivity contribution in [3.63, 3.8) is 0 Å². The first-order valence-corrected chi connectivity index (χ1v) is 7.64. The van der Waals surface area contributed by atoms with Gasteiger partial charge in [-0.25, -0.2) is 8.42 Å². The highest BCUT2D eigenvalue weighted by Gasteiger charge is 2.22. The molecule has 21 heavy (non-hydrogen) atoms. The number of aliphatic hydroxyl groups is 1. The Morgan fingerprint density at radius 1 is 1.43 bits per heavy atom. The molecule has 1 aromatic rings. The van der Waals surface area contributed by atoms with E-state index in [2.05, 4.69) is 17.2 Å². The van der Waals surface area contributed by atoms with E-state index in [1.54, 1.807) is 13.0 Å². The Morgan fingerprint density at radius 3 is 2.62 bits per heavy atom. The lowest BCUT2D eigenvalue weighted by atomic mass is 10.1. The van der Waals surface area contributed by atoms with Crippen LogP contribution in [0.1, 0.15) is 11.1 Å². The number of nitrogens with zero attached hydrogens (tertiary/aromatic N) is 1. The third-order valence-corrected chi connectivity index (χ3v) is 4.65. The average Bonchev–Trinajstić information content (AvgIpc) is 2.45. The fourth-order valence-electron chi connectivity index (χ4n) is 1.62. The smallest absolute Gasteiger partial charge is 0.243 e. The van der Waals surface area contributed by atoms with Crippen molar-refractivity contribution in [1.29, 1.82) is 0 Å². The molecule has 0 fully saturated rings. The highest BCUT2D eigenvalue weighted by atomic mass is 32.2. The first-order valence-electron chi connectivity index (χ1n) is 6.20. The Hall–Kier alpha value is -1.88. The van der Waals surface area contributed by atoms with Crippen molar-refractivity contribution in [2.45, 2.75) is 11.8 Å². The van der Waals surface area contributed by atoms with Crippen molar-refractivity contribution in [3.05, 3.63) is 29.3 Å². The van der Waals surface area contributed by atoms with Crippen molar-refractivity contribution >= 4 is 15.9 Å². The molecule has 0 aliphatic heterocycles. The fourth-order valence-corrected chi connectivity index (χ4v) is 2.83. The van der Waals surface area contributed by atoms with E-state index in [0.29, 0.717) is 11.1 Å². The molecule has 0 saturated heterocycles. The molecule has 0 radical (unpaired) electrons. The van der Waals surface area contributed by atoms with Gasteiger partial charge in [0, 0.05) is 19.7 Å². The molecule has 1 amide bonds. The van der Waals surface area contributed by atoms with Gasteiger partial charge in [0.25, 0.3) is 0 Å². The molecule has 1 aromatic carbocycles. The van der Waals surface area contributed by atoms with Gasteiger partial charge in [-0.05, 0) is 30.7 Å². The van der Waals surface area contributed by atoms with Crippen molar-refractivity contribution in [1.82, 2.24) is 9.62 Å². The summed E-state index contributed by atoms with van der Waals surface area (Å²) in [6.07, 6.45) is 0. The van der Waals surface area contributed by atoms with Crippen LogP contribution in [0.5, 0.6) is 0 Å². The summed E-state index contributed by atoms with van der Waals surface area (Å²) in [6.45, 7) is 1.23. The summed E-state index contributed by atoms with van der Waals surface area (Å²) in [5, 5.41) is 11.0. The van der Waals surface area contributed by atoms with Crippen molar-refractivity contribution in [2.75, 3.05) is 27.2 Å². The Kier molecular flexibility index (Phi) is 5.90. The van der Waals surface area contributed by atoms with Gasteiger partial charge in [-0.15, -0.1) is 0 Å². The lowest BCUT2D eigenvalue weighted by Crippen LogP contribution is -2.36. The summed E-state index contributed by atoms with van der Waals surface area (Å²) >= 11 is 0. The molecule has 0 aromatic heterocycles. The number of benzene rings is 1. The molecule has 2 N–H and O–H groups in total. The second-order valence-electron chi connectivity index (χ2n) is 4.37. The number of carbonyl (C=O) groups excluding carboxylic acids is 1. The molecule has 114 valence electrons. The van der Waals surface area contributed by atoms with Crippen LogP contribution in [-0.2, 0) is 14.8 Å². The fraction of sp³-hybridized carbons (Fsp3) is 0.357. The van der Waals surface area contributed by atoms with E-state index in [-0.39, 0.29) is 24.0 Å². The summed E-state index contributed by atoms with van der Waals surface area (Å²) in [7, 11) is -0.936. The number of hydrogen-bond donors (Lipinski definition) is 2. The minimum Gasteiger partial charge on any atom is -0.384 e. The van der Waals surface area contributed by atoms with Crippen LogP contribution in [0, 0.1) is 18.8 Å². The van der Waals surface area contributed by atoms with E-state index < -0.39 is 10.0 Å². The van der Waals surface area contributed by atoms with Gasteiger partial charge in [0.15, 0.2) is 0 Å². The van der Waals surface area contributed by atoms with Crippen LogP contribution in [0.2, 0.25) is 0 Å². The molecule has 0 aliphatic rings. The maximum absolute atomic E-state index is 12.3. The van der Waals surface area contributed by atoms with Crippen LogP contribution in [0.15, 0.2) is 23.1 Å². The number of hydrogen-bond acceptors (Lipinski definition) is 4. The summed E-state index contributed by atoms with van der Waals surface area (Å²) in [5.41, 5.74) is 1.34. The summed E-state index contributed by atoms with van der Waals surface area (Å²) in [6, 6.07) is 4.51. The summed E-state index contributed by atoms with van der Waals surface area (Å²) in [4.78, 5) is 11.4. The second-order valence-corrected chi connectivity index (χ2v) is 6.42. The number of nitrogens with one attached hydrogen (secondary N) is 1. The maximum Gasteiger partial charge on any atom is 0.243 e. The first kappa shape index (κ1) is 17.2. The van der Waals surface area contributed by atoms with Crippen molar-refractivity contribution < 1.29 is 18.3 Å². The number of amides is 1. The van der Waals surface area contributed by atoms with Gasteiger partial charge in [0.1, 0.15) is 6.61 Å². The quantitative estimate of drug-likeness (QED) is 0.748. The zero-order valence-electron chi connectivity index (χ0n) is 12.2. The number of aryl methyl sites for hydroxylation is 1. The average molecular weight is 310 g/mol. The van der Waals surface area contributed by atoms with Gasteiger partial charge in [-0.2, -0.15) is 4.31 Å². The molecule has 0 unspecified atom stereocenters. The largest absolute Gasteiger partial charge is 0.384 e. The van der Waals surface area contributed by atoms with Gasteiger partial charge < -0.3 is 10.4 Å².